The van der Waals surface area contributed by atoms with Crippen molar-refractivity contribution in [2.75, 3.05) is 19.0 Å². The number of aryl methyl sites for hydroxylation is 1. The first-order valence-corrected chi connectivity index (χ1v) is 11.6. The third-order valence-corrected chi connectivity index (χ3v) is 6.46. The number of methoxy groups -OCH3 is 1. The molecule has 0 bridgehead atoms. The summed E-state index contributed by atoms with van der Waals surface area (Å²) in [6.45, 7) is 2.49. The number of nitrogens with one attached hydrogen (secondary N) is 1. The van der Waals surface area contributed by atoms with E-state index in [1.165, 1.54) is 24.9 Å². The Morgan fingerprint density at radius 1 is 1.22 bits per heavy atom. The average molecular weight is 471 g/mol. The van der Waals surface area contributed by atoms with E-state index in [4.69, 9.17) is 17.0 Å². The Bertz CT molecular complexity index is 1050. The van der Waals surface area contributed by atoms with Gasteiger partial charge in [-0.3, -0.25) is 14.5 Å². The molecular weight excluding hydrogens is 444 g/mol. The van der Waals surface area contributed by atoms with Crippen LogP contribution in [0.15, 0.2) is 47.4 Å². The number of hydrogen-bond acceptors (Lipinski definition) is 6. The van der Waals surface area contributed by atoms with E-state index in [2.05, 4.69) is 5.32 Å². The van der Waals surface area contributed by atoms with Gasteiger partial charge in [0.1, 0.15) is 4.32 Å². The molecule has 0 spiro atoms. The molecule has 6 nitrogen and oxygen atoms in total. The lowest BCUT2D eigenvalue weighted by Crippen LogP contribution is -2.29. The molecule has 1 aliphatic rings. The molecule has 2 N–H and O–H groups in total. The number of rotatable bonds is 9. The predicted octanol–water partition coefficient (Wildman–Crippen LogP) is 5.11. The van der Waals surface area contributed by atoms with E-state index in [0.717, 1.165) is 36.1 Å². The quantitative estimate of drug-likeness (QED) is 0.301. The standard InChI is InChI=1S/C24H26N2O4S2/c1-16-8-5-6-9-18(16)25-22(28)10-4-3-7-13-26-23(29)21(32-24(26)31)15-17-11-12-19(27)20(14-17)30-2/h5-6,8-9,11-12,14-15,27H,3-4,7,10,13H2,1-2H3,(H,25,28)/b21-15-. The highest BCUT2D eigenvalue weighted by molar-refractivity contribution is 8.26. The number of thiocarbonyl (C=S) groups is 1. The summed E-state index contributed by atoms with van der Waals surface area (Å²) < 4.78 is 5.65. The third-order valence-electron chi connectivity index (χ3n) is 5.08. The van der Waals surface area contributed by atoms with Gasteiger partial charge in [0.05, 0.1) is 12.0 Å². The molecule has 1 fully saturated rings. The second-order valence-corrected chi connectivity index (χ2v) is 9.11. The topological polar surface area (TPSA) is 78.9 Å². The number of para-hydroxylation sites is 1. The molecule has 1 aliphatic heterocycles. The van der Waals surface area contributed by atoms with E-state index < -0.39 is 0 Å². The molecular formula is C24H26N2O4S2. The van der Waals surface area contributed by atoms with Crippen molar-refractivity contribution in [2.24, 2.45) is 0 Å². The molecule has 8 heteroatoms. The van der Waals surface area contributed by atoms with Gasteiger partial charge >= 0.3 is 0 Å². The zero-order valence-electron chi connectivity index (χ0n) is 18.1. The average Bonchev–Trinajstić information content (AvgIpc) is 3.03. The fraction of sp³-hybridized carbons (Fsp3) is 0.292. The van der Waals surface area contributed by atoms with Gasteiger partial charge in [-0.1, -0.05) is 54.7 Å². The fourth-order valence-corrected chi connectivity index (χ4v) is 4.59. The van der Waals surface area contributed by atoms with Crippen LogP contribution < -0.4 is 10.1 Å². The molecule has 2 aromatic carbocycles. The van der Waals surface area contributed by atoms with Crippen LogP contribution in [0, 0.1) is 6.92 Å². The number of amides is 2. The van der Waals surface area contributed by atoms with Gasteiger partial charge in [-0.05, 0) is 55.2 Å². The number of nitrogens with zero attached hydrogens (tertiary/aromatic N) is 1. The van der Waals surface area contributed by atoms with E-state index in [1.54, 1.807) is 23.1 Å². The normalized spacial score (nSPS) is 14.8. The van der Waals surface area contributed by atoms with Crippen LogP contribution in [0.2, 0.25) is 0 Å². The molecule has 1 heterocycles. The van der Waals surface area contributed by atoms with Crippen LogP contribution in [0.5, 0.6) is 11.5 Å². The van der Waals surface area contributed by atoms with Gasteiger partial charge in [-0.15, -0.1) is 0 Å². The second-order valence-electron chi connectivity index (χ2n) is 7.44. The highest BCUT2D eigenvalue weighted by atomic mass is 32.2. The number of aromatic hydroxyl groups is 1. The molecule has 0 unspecified atom stereocenters. The molecule has 0 saturated carbocycles. The molecule has 2 aromatic rings. The van der Waals surface area contributed by atoms with Crippen LogP contribution >= 0.6 is 24.0 Å². The number of anilines is 1. The Morgan fingerprint density at radius 3 is 2.75 bits per heavy atom. The van der Waals surface area contributed by atoms with Crippen molar-refractivity contribution in [3.8, 4) is 11.5 Å². The summed E-state index contributed by atoms with van der Waals surface area (Å²) in [6.07, 6.45) is 4.53. The first-order chi connectivity index (χ1) is 15.4. The van der Waals surface area contributed by atoms with Gasteiger partial charge in [0.25, 0.3) is 5.91 Å². The van der Waals surface area contributed by atoms with E-state index in [9.17, 15) is 14.7 Å². The van der Waals surface area contributed by atoms with Crippen LogP contribution in [0.4, 0.5) is 5.69 Å². The van der Waals surface area contributed by atoms with Crippen LogP contribution in [0.1, 0.15) is 36.8 Å². The van der Waals surface area contributed by atoms with Crippen molar-refractivity contribution >= 4 is 51.9 Å². The van der Waals surface area contributed by atoms with Gasteiger partial charge in [-0.2, -0.15) is 0 Å². The van der Waals surface area contributed by atoms with Gasteiger partial charge in [0.15, 0.2) is 11.5 Å². The number of phenolic OH excluding ortho intramolecular Hbond substituents is 1. The lowest BCUT2D eigenvalue weighted by Gasteiger charge is -2.14. The molecule has 1 saturated heterocycles. The molecule has 32 heavy (non-hydrogen) atoms. The zero-order chi connectivity index (χ0) is 23.1. The predicted molar refractivity (Wildman–Crippen MR) is 133 cm³/mol. The van der Waals surface area contributed by atoms with Gasteiger partial charge in [0.2, 0.25) is 5.91 Å². The van der Waals surface area contributed by atoms with E-state index in [0.29, 0.717) is 27.9 Å². The molecule has 0 atom stereocenters. The summed E-state index contributed by atoms with van der Waals surface area (Å²) in [5.41, 5.74) is 2.63. The van der Waals surface area contributed by atoms with Crippen LogP contribution in [0.3, 0.4) is 0 Å². The number of hydrogen-bond donors (Lipinski definition) is 2. The van der Waals surface area contributed by atoms with Crippen molar-refractivity contribution < 1.29 is 19.4 Å². The summed E-state index contributed by atoms with van der Waals surface area (Å²) >= 11 is 6.65. The monoisotopic (exact) mass is 470 g/mol. The molecule has 0 aromatic heterocycles. The maximum atomic E-state index is 12.8. The van der Waals surface area contributed by atoms with Gasteiger partial charge in [-0.25, -0.2) is 0 Å². The Hall–Kier alpha value is -2.84. The summed E-state index contributed by atoms with van der Waals surface area (Å²) in [6, 6.07) is 12.6. The number of thioether (sulfide) groups is 1. The maximum Gasteiger partial charge on any atom is 0.266 e. The number of benzene rings is 2. The molecule has 0 radical (unpaired) electrons. The van der Waals surface area contributed by atoms with E-state index in [-0.39, 0.29) is 17.6 Å². The number of carbonyl (C=O) groups excluding carboxylic acids is 2. The van der Waals surface area contributed by atoms with E-state index >= 15 is 0 Å². The summed E-state index contributed by atoms with van der Waals surface area (Å²) in [4.78, 5) is 27.0. The Labute approximate surface area is 197 Å². The second kappa shape index (κ2) is 11.2. The van der Waals surface area contributed by atoms with Crippen LogP contribution in [0.25, 0.3) is 6.08 Å². The molecule has 2 amide bonds. The van der Waals surface area contributed by atoms with Gasteiger partial charge in [0, 0.05) is 18.7 Å². The minimum Gasteiger partial charge on any atom is -0.504 e. The Kier molecular flexibility index (Phi) is 8.30. The number of ether oxygens (including phenoxy) is 1. The Balaban J connectivity index is 1.46. The summed E-state index contributed by atoms with van der Waals surface area (Å²) in [7, 11) is 1.48. The Morgan fingerprint density at radius 2 is 2.00 bits per heavy atom. The first-order valence-electron chi connectivity index (χ1n) is 10.4. The van der Waals surface area contributed by atoms with Crippen molar-refractivity contribution in [3.05, 3.63) is 58.5 Å². The fourth-order valence-electron chi connectivity index (χ4n) is 3.29. The highest BCUT2D eigenvalue weighted by Gasteiger charge is 2.31. The lowest BCUT2D eigenvalue weighted by atomic mass is 10.1. The SMILES string of the molecule is COc1cc(/C=C2\SC(=S)N(CCCCCC(=O)Nc3ccccc3C)C2=O)ccc1O. The van der Waals surface area contributed by atoms with Crippen molar-refractivity contribution in [1.82, 2.24) is 4.90 Å². The van der Waals surface area contributed by atoms with E-state index in [1.807, 2.05) is 31.2 Å². The smallest absolute Gasteiger partial charge is 0.266 e. The van der Waals surface area contributed by atoms with Crippen molar-refractivity contribution in [2.45, 2.75) is 32.6 Å². The summed E-state index contributed by atoms with van der Waals surface area (Å²) in [5.74, 6) is 0.270. The van der Waals surface area contributed by atoms with Crippen molar-refractivity contribution in [1.29, 1.82) is 0 Å². The van der Waals surface area contributed by atoms with Crippen LogP contribution in [-0.4, -0.2) is 39.8 Å². The van der Waals surface area contributed by atoms with Crippen LogP contribution in [-0.2, 0) is 9.59 Å². The number of carbonyl (C=O) groups is 2. The lowest BCUT2D eigenvalue weighted by molar-refractivity contribution is -0.122. The zero-order valence-corrected chi connectivity index (χ0v) is 19.7. The summed E-state index contributed by atoms with van der Waals surface area (Å²) in [5, 5.41) is 12.7. The largest absolute Gasteiger partial charge is 0.504 e. The minimum atomic E-state index is -0.121. The molecule has 3 rings (SSSR count). The number of unbranched alkanes of at least 4 members (excludes halogenated alkanes) is 2. The third kappa shape index (κ3) is 6.11. The minimum absolute atomic E-state index is 0.00262. The maximum absolute atomic E-state index is 12.8. The highest BCUT2D eigenvalue weighted by Crippen LogP contribution is 2.34. The van der Waals surface area contributed by atoms with Gasteiger partial charge < -0.3 is 15.2 Å². The molecule has 0 aliphatic carbocycles. The first kappa shape index (κ1) is 23.8. The number of phenols is 1. The van der Waals surface area contributed by atoms with Crippen molar-refractivity contribution in [3.63, 3.8) is 0 Å². The molecule has 168 valence electrons.